The van der Waals surface area contributed by atoms with Gasteiger partial charge in [-0.2, -0.15) is 5.10 Å². The van der Waals surface area contributed by atoms with Gasteiger partial charge in [0.15, 0.2) is 5.16 Å². The molecule has 1 N–H and O–H groups in total. The number of rotatable bonds is 6. The highest BCUT2D eigenvalue weighted by Crippen LogP contribution is 2.21. The van der Waals surface area contributed by atoms with Gasteiger partial charge in [0.2, 0.25) is 0 Å². The van der Waals surface area contributed by atoms with Crippen LogP contribution in [0.1, 0.15) is 12.5 Å². The van der Waals surface area contributed by atoms with E-state index in [0.717, 1.165) is 5.56 Å². The first-order valence-electron chi connectivity index (χ1n) is 9.57. The summed E-state index contributed by atoms with van der Waals surface area (Å²) in [5, 5.41) is 5.10. The van der Waals surface area contributed by atoms with E-state index in [2.05, 4.69) is 20.5 Å². The molecule has 2 aromatic carbocycles. The quantitative estimate of drug-likeness (QED) is 0.220. The Balaban J connectivity index is 1.58. The van der Waals surface area contributed by atoms with E-state index in [1.807, 2.05) is 48.5 Å². The first-order chi connectivity index (χ1) is 15.1. The summed E-state index contributed by atoms with van der Waals surface area (Å²) in [4.78, 5) is 34.2. The fourth-order valence-corrected chi connectivity index (χ4v) is 3.77. The third-order valence-electron chi connectivity index (χ3n) is 4.52. The zero-order chi connectivity index (χ0) is 21.6. The van der Waals surface area contributed by atoms with Gasteiger partial charge in [0.25, 0.3) is 11.5 Å². The molecule has 0 fully saturated rings. The number of nitrogens with one attached hydrogen (secondary N) is 1. The van der Waals surface area contributed by atoms with Crippen molar-refractivity contribution in [2.24, 2.45) is 5.10 Å². The van der Waals surface area contributed by atoms with Gasteiger partial charge in [-0.3, -0.25) is 19.1 Å². The van der Waals surface area contributed by atoms with Gasteiger partial charge in [0, 0.05) is 18.0 Å². The van der Waals surface area contributed by atoms with E-state index in [1.54, 1.807) is 37.5 Å². The van der Waals surface area contributed by atoms with E-state index in [1.165, 1.54) is 16.3 Å². The number of para-hydroxylation sites is 2. The minimum absolute atomic E-state index is 0.0570. The third kappa shape index (κ3) is 4.70. The van der Waals surface area contributed by atoms with Crippen LogP contribution in [0, 0.1) is 0 Å². The number of hydrogen-bond acceptors (Lipinski definition) is 6. The standard InChI is InChI=1S/C23H19N5O2S/c1-16(17-8-7-13-24-14-17)26-27-21(29)15-31-23-25-20-12-6-5-11-19(20)22(30)28(23)18-9-3-2-4-10-18/h2-14H,15H2,1H3,(H,27,29)/b26-16+. The van der Waals surface area contributed by atoms with Crippen molar-refractivity contribution in [1.29, 1.82) is 0 Å². The molecule has 8 heteroatoms. The lowest BCUT2D eigenvalue weighted by Gasteiger charge is -2.12. The van der Waals surface area contributed by atoms with Crippen LogP contribution >= 0.6 is 11.8 Å². The Hall–Kier alpha value is -3.78. The highest BCUT2D eigenvalue weighted by Gasteiger charge is 2.14. The van der Waals surface area contributed by atoms with Gasteiger partial charge in [-0.1, -0.05) is 48.2 Å². The zero-order valence-corrected chi connectivity index (χ0v) is 17.5. The highest BCUT2D eigenvalue weighted by atomic mass is 32.2. The second kappa shape index (κ2) is 9.36. The molecule has 31 heavy (non-hydrogen) atoms. The predicted molar refractivity (Wildman–Crippen MR) is 123 cm³/mol. The van der Waals surface area contributed by atoms with Crippen molar-refractivity contribution in [3.05, 3.63) is 95.0 Å². The monoisotopic (exact) mass is 429 g/mol. The summed E-state index contributed by atoms with van der Waals surface area (Å²) in [6.45, 7) is 1.79. The molecule has 1 amide bonds. The number of amides is 1. The molecule has 2 aromatic heterocycles. The van der Waals surface area contributed by atoms with Gasteiger partial charge >= 0.3 is 0 Å². The molecule has 0 bridgehead atoms. The van der Waals surface area contributed by atoms with Crippen molar-refractivity contribution in [3.63, 3.8) is 0 Å². The maximum Gasteiger partial charge on any atom is 0.266 e. The van der Waals surface area contributed by atoms with Gasteiger partial charge in [-0.05, 0) is 37.3 Å². The SMILES string of the molecule is C/C(=N\NC(=O)CSc1nc2ccccc2c(=O)n1-c1ccccc1)c1cccnc1. The number of hydrazone groups is 1. The molecule has 0 aliphatic rings. The number of carbonyl (C=O) groups excluding carboxylic acids is 1. The van der Waals surface area contributed by atoms with Crippen LogP contribution in [-0.4, -0.2) is 31.9 Å². The summed E-state index contributed by atoms with van der Waals surface area (Å²) in [6, 6.07) is 20.1. The average molecular weight is 430 g/mol. The summed E-state index contributed by atoms with van der Waals surface area (Å²) < 4.78 is 1.53. The van der Waals surface area contributed by atoms with Crippen LogP contribution in [0.4, 0.5) is 0 Å². The van der Waals surface area contributed by atoms with E-state index >= 15 is 0 Å². The van der Waals surface area contributed by atoms with Gasteiger partial charge in [0.1, 0.15) is 0 Å². The van der Waals surface area contributed by atoms with Crippen molar-refractivity contribution >= 4 is 34.3 Å². The summed E-state index contributed by atoms with van der Waals surface area (Å²) in [5.41, 5.74) is 5.13. The molecule has 2 heterocycles. The van der Waals surface area contributed by atoms with Gasteiger partial charge in [-0.25, -0.2) is 10.4 Å². The predicted octanol–water partition coefficient (Wildman–Crippen LogP) is 3.41. The molecule has 4 rings (SSSR count). The van der Waals surface area contributed by atoms with Crippen molar-refractivity contribution < 1.29 is 4.79 Å². The Kier molecular flexibility index (Phi) is 6.18. The van der Waals surface area contributed by atoms with Crippen LogP contribution < -0.4 is 11.0 Å². The number of nitrogens with zero attached hydrogens (tertiary/aromatic N) is 4. The Labute approximate surface area is 182 Å². The van der Waals surface area contributed by atoms with Gasteiger partial charge < -0.3 is 0 Å². The fourth-order valence-electron chi connectivity index (χ4n) is 2.96. The number of pyridine rings is 1. The number of aromatic nitrogens is 3. The summed E-state index contributed by atoms with van der Waals surface area (Å²) in [6.07, 6.45) is 3.35. The minimum atomic E-state index is -0.296. The Bertz CT molecular complexity index is 1300. The molecule has 0 unspecified atom stereocenters. The number of fused-ring (bicyclic) bond motifs is 1. The van der Waals surface area contributed by atoms with Gasteiger partial charge in [0.05, 0.1) is 28.1 Å². The molecule has 0 spiro atoms. The smallest absolute Gasteiger partial charge is 0.266 e. The Morgan fingerprint density at radius 3 is 2.61 bits per heavy atom. The number of hydrogen-bond donors (Lipinski definition) is 1. The van der Waals surface area contributed by atoms with Crippen LogP contribution in [0.25, 0.3) is 16.6 Å². The molecular weight excluding hydrogens is 410 g/mol. The molecule has 4 aromatic rings. The van der Waals surface area contributed by atoms with Gasteiger partial charge in [-0.15, -0.1) is 0 Å². The molecule has 0 atom stereocenters. The minimum Gasteiger partial charge on any atom is -0.272 e. The third-order valence-corrected chi connectivity index (χ3v) is 5.46. The summed E-state index contributed by atoms with van der Waals surface area (Å²) >= 11 is 1.18. The van der Waals surface area contributed by atoms with E-state index in [4.69, 9.17) is 0 Å². The molecular formula is C23H19N5O2S. The highest BCUT2D eigenvalue weighted by molar-refractivity contribution is 7.99. The van der Waals surface area contributed by atoms with E-state index in [0.29, 0.717) is 27.5 Å². The number of benzene rings is 2. The molecule has 7 nitrogen and oxygen atoms in total. The lowest BCUT2D eigenvalue weighted by molar-refractivity contribution is -0.118. The average Bonchev–Trinajstić information content (AvgIpc) is 2.82. The van der Waals surface area contributed by atoms with E-state index < -0.39 is 0 Å². The second-order valence-corrected chi connectivity index (χ2v) is 7.59. The Morgan fingerprint density at radius 2 is 1.84 bits per heavy atom. The van der Waals surface area contributed by atoms with Crippen molar-refractivity contribution in [2.75, 3.05) is 5.75 Å². The zero-order valence-electron chi connectivity index (χ0n) is 16.7. The summed E-state index contributed by atoms with van der Waals surface area (Å²) in [7, 11) is 0. The molecule has 0 aliphatic heterocycles. The largest absolute Gasteiger partial charge is 0.272 e. The maximum absolute atomic E-state index is 13.1. The molecule has 0 saturated heterocycles. The topological polar surface area (TPSA) is 89.2 Å². The van der Waals surface area contributed by atoms with E-state index in [9.17, 15) is 9.59 Å². The van der Waals surface area contributed by atoms with Crippen LogP contribution in [0.15, 0.2) is 94.2 Å². The van der Waals surface area contributed by atoms with Crippen molar-refractivity contribution in [2.45, 2.75) is 12.1 Å². The summed E-state index contributed by atoms with van der Waals surface area (Å²) in [5.74, 6) is -0.239. The maximum atomic E-state index is 13.1. The van der Waals surface area contributed by atoms with Crippen molar-refractivity contribution in [1.82, 2.24) is 20.0 Å². The number of thioether (sulfide) groups is 1. The van der Waals surface area contributed by atoms with Crippen LogP contribution in [0.3, 0.4) is 0 Å². The Morgan fingerprint density at radius 1 is 1.06 bits per heavy atom. The molecule has 0 aliphatic carbocycles. The van der Waals surface area contributed by atoms with Crippen LogP contribution in [-0.2, 0) is 4.79 Å². The lowest BCUT2D eigenvalue weighted by atomic mass is 10.2. The lowest BCUT2D eigenvalue weighted by Crippen LogP contribution is -2.24. The van der Waals surface area contributed by atoms with E-state index in [-0.39, 0.29) is 17.2 Å². The first-order valence-corrected chi connectivity index (χ1v) is 10.6. The van der Waals surface area contributed by atoms with Crippen LogP contribution in [0.2, 0.25) is 0 Å². The normalized spacial score (nSPS) is 11.5. The first kappa shape index (κ1) is 20.5. The fraction of sp³-hybridized carbons (Fsp3) is 0.0870. The number of carbonyl (C=O) groups is 1. The van der Waals surface area contributed by atoms with Crippen molar-refractivity contribution in [3.8, 4) is 5.69 Å². The van der Waals surface area contributed by atoms with Crippen LogP contribution in [0.5, 0.6) is 0 Å². The molecule has 0 radical (unpaired) electrons. The molecule has 0 saturated carbocycles. The molecule has 154 valence electrons. The second-order valence-electron chi connectivity index (χ2n) is 6.65.